The molecule has 0 aliphatic carbocycles. The topological polar surface area (TPSA) is 124 Å². The van der Waals surface area contributed by atoms with Gasteiger partial charge in [0.1, 0.15) is 17.3 Å². The fourth-order valence-corrected chi connectivity index (χ4v) is 5.08. The van der Waals surface area contributed by atoms with Gasteiger partial charge >= 0.3 is 11.7 Å². The first-order valence-electron chi connectivity index (χ1n) is 9.80. The molecule has 0 aliphatic heterocycles. The lowest BCUT2D eigenvalue weighted by molar-refractivity contribution is 0.0704. The number of H-pyrrole nitrogens is 1. The summed E-state index contributed by atoms with van der Waals surface area (Å²) in [6.07, 6.45) is 0. The van der Waals surface area contributed by atoms with Crippen LogP contribution in [0.15, 0.2) is 44.7 Å². The third-order valence-electron chi connectivity index (χ3n) is 5.20. The lowest BCUT2D eigenvalue weighted by Crippen LogP contribution is -2.34. The molecule has 0 radical (unpaired) electrons. The van der Waals surface area contributed by atoms with E-state index in [1.54, 1.807) is 5.51 Å². The van der Waals surface area contributed by atoms with Gasteiger partial charge in [0.25, 0.3) is 5.56 Å². The first-order valence-corrected chi connectivity index (χ1v) is 11.6. The van der Waals surface area contributed by atoms with Gasteiger partial charge in [-0.25, -0.2) is 27.9 Å². The Kier molecular flexibility index (Phi) is 5.57. The smallest absolute Gasteiger partial charge is 0.346 e. The first-order chi connectivity index (χ1) is 16.8. The molecule has 178 valence electrons. The number of aromatic amines is 1. The van der Waals surface area contributed by atoms with E-state index in [1.165, 1.54) is 36.0 Å². The number of halogens is 2. The second kappa shape index (κ2) is 8.60. The number of thiazole rings is 1. The van der Waals surface area contributed by atoms with E-state index in [-0.39, 0.29) is 39.4 Å². The number of hydrogen-bond acceptors (Lipinski definition) is 8. The molecule has 2 N–H and O–H groups in total. The molecule has 0 saturated heterocycles. The number of methoxy groups -OCH3 is 1. The van der Waals surface area contributed by atoms with Crippen molar-refractivity contribution in [2.75, 3.05) is 7.11 Å². The zero-order valence-electron chi connectivity index (χ0n) is 17.6. The van der Waals surface area contributed by atoms with Crippen LogP contribution in [0.2, 0.25) is 0 Å². The van der Waals surface area contributed by atoms with Gasteiger partial charge in [0.15, 0.2) is 17.3 Å². The monoisotopic (exact) mass is 517 g/mol. The zero-order chi connectivity index (χ0) is 24.9. The number of nitrogens with one attached hydrogen (secondary N) is 1. The minimum atomic E-state index is -1.36. The summed E-state index contributed by atoms with van der Waals surface area (Å²) < 4.78 is 41.4. The molecule has 9 nitrogen and oxygen atoms in total. The predicted octanol–water partition coefficient (Wildman–Crippen LogP) is 3.91. The lowest BCUT2D eigenvalue weighted by Gasteiger charge is -2.14. The number of aromatic nitrogens is 3. The molecule has 5 aromatic rings. The highest BCUT2D eigenvalue weighted by atomic mass is 32.1. The van der Waals surface area contributed by atoms with E-state index in [2.05, 4.69) is 9.97 Å². The molecular formula is C22H13F2N3O6S2. The van der Waals surface area contributed by atoms with Crippen LogP contribution < -0.4 is 20.7 Å². The molecule has 3 heterocycles. The van der Waals surface area contributed by atoms with Crippen LogP contribution in [-0.4, -0.2) is 32.7 Å². The molecule has 0 saturated carbocycles. The van der Waals surface area contributed by atoms with Crippen molar-refractivity contribution in [3.05, 3.63) is 78.1 Å². The van der Waals surface area contributed by atoms with Gasteiger partial charge in [-0.3, -0.25) is 4.79 Å². The Morgan fingerprint density at radius 2 is 1.94 bits per heavy atom. The molecule has 2 aromatic carbocycles. The Balaban J connectivity index is 1.61. The van der Waals surface area contributed by atoms with E-state index in [4.69, 9.17) is 9.47 Å². The van der Waals surface area contributed by atoms with E-state index in [0.29, 0.717) is 14.8 Å². The van der Waals surface area contributed by atoms with E-state index < -0.39 is 34.5 Å². The standard InChI is InChI=1S/C22H13F2N3O6S2/c1-32-15-3-11(24)14(27-20(28)18-13(26-22(27)31)7-34-19(18)21(29)30)5-16(15)33-6-9-2-12-17(4-10(9)23)35-8-25-12/h2-5,7-8H,6H2,1H3,(H,26,31)(H,29,30). The fraction of sp³-hybridized carbons (Fsp3) is 0.0909. The number of nitrogens with zero attached hydrogens (tertiary/aromatic N) is 2. The summed E-state index contributed by atoms with van der Waals surface area (Å²) in [6.45, 7) is -0.279. The van der Waals surface area contributed by atoms with Gasteiger partial charge < -0.3 is 19.6 Å². The number of aromatic carboxylic acids is 1. The van der Waals surface area contributed by atoms with Gasteiger partial charge in [-0.2, -0.15) is 0 Å². The number of carboxylic acid groups (broad SMARTS) is 1. The number of ether oxygens (including phenoxy) is 2. The maximum Gasteiger partial charge on any atom is 0.346 e. The van der Waals surface area contributed by atoms with Gasteiger partial charge in [-0.15, -0.1) is 22.7 Å². The van der Waals surface area contributed by atoms with Crippen LogP contribution in [0.4, 0.5) is 8.78 Å². The molecule has 0 fully saturated rings. The normalized spacial score (nSPS) is 11.3. The highest BCUT2D eigenvalue weighted by Gasteiger charge is 2.22. The summed E-state index contributed by atoms with van der Waals surface area (Å²) in [7, 11) is 1.26. The molecule has 13 heteroatoms. The first kappa shape index (κ1) is 22.7. The predicted molar refractivity (Wildman–Crippen MR) is 125 cm³/mol. The van der Waals surface area contributed by atoms with Crippen molar-refractivity contribution in [1.82, 2.24) is 14.5 Å². The van der Waals surface area contributed by atoms with Crippen molar-refractivity contribution in [1.29, 1.82) is 0 Å². The van der Waals surface area contributed by atoms with Crippen LogP contribution in [0.1, 0.15) is 15.2 Å². The van der Waals surface area contributed by atoms with Crippen LogP contribution >= 0.6 is 22.7 Å². The van der Waals surface area contributed by atoms with Crippen molar-refractivity contribution >= 4 is 49.8 Å². The van der Waals surface area contributed by atoms with E-state index >= 15 is 0 Å². The van der Waals surface area contributed by atoms with Crippen LogP contribution in [-0.2, 0) is 6.61 Å². The van der Waals surface area contributed by atoms with Crippen LogP contribution in [0.25, 0.3) is 26.8 Å². The van der Waals surface area contributed by atoms with Crippen LogP contribution in [0.3, 0.4) is 0 Å². The number of rotatable bonds is 6. The number of benzene rings is 2. The zero-order valence-corrected chi connectivity index (χ0v) is 19.3. The summed E-state index contributed by atoms with van der Waals surface area (Å²) >= 11 is 2.04. The van der Waals surface area contributed by atoms with Gasteiger partial charge in [-0.1, -0.05) is 0 Å². The largest absolute Gasteiger partial charge is 0.493 e. The number of fused-ring (bicyclic) bond motifs is 2. The minimum absolute atomic E-state index is 0.0250. The summed E-state index contributed by atoms with van der Waals surface area (Å²) in [6, 6.07) is 4.81. The number of hydrogen-bond donors (Lipinski definition) is 2. The summed E-state index contributed by atoms with van der Waals surface area (Å²) in [5.74, 6) is -3.02. The van der Waals surface area contributed by atoms with E-state index in [1.807, 2.05) is 0 Å². The Labute approximate surface area is 201 Å². The third kappa shape index (κ3) is 3.84. The average molecular weight is 517 g/mol. The van der Waals surface area contributed by atoms with Gasteiger partial charge in [-0.05, 0) is 12.1 Å². The summed E-state index contributed by atoms with van der Waals surface area (Å²) in [4.78, 5) is 43.4. The molecule has 3 aromatic heterocycles. The van der Waals surface area contributed by atoms with Crippen molar-refractivity contribution in [3.63, 3.8) is 0 Å². The highest BCUT2D eigenvalue weighted by Crippen LogP contribution is 2.33. The molecule has 0 spiro atoms. The maximum absolute atomic E-state index is 15.0. The average Bonchev–Trinajstić information content (AvgIpc) is 3.45. The van der Waals surface area contributed by atoms with Gasteiger partial charge in [0.2, 0.25) is 0 Å². The summed E-state index contributed by atoms with van der Waals surface area (Å²) in [5, 5.41) is 10.4. The van der Waals surface area contributed by atoms with E-state index in [9.17, 15) is 28.3 Å². The molecule has 0 bridgehead atoms. The minimum Gasteiger partial charge on any atom is -0.493 e. The molecular weight excluding hydrogens is 504 g/mol. The lowest BCUT2D eigenvalue weighted by atomic mass is 10.2. The highest BCUT2D eigenvalue weighted by molar-refractivity contribution is 7.16. The number of carbonyl (C=O) groups is 1. The van der Waals surface area contributed by atoms with Crippen molar-refractivity contribution in [2.45, 2.75) is 6.61 Å². The molecule has 5 rings (SSSR count). The van der Waals surface area contributed by atoms with Gasteiger partial charge in [0.05, 0.1) is 39.4 Å². The third-order valence-corrected chi connectivity index (χ3v) is 6.96. The maximum atomic E-state index is 15.0. The molecule has 0 atom stereocenters. The van der Waals surface area contributed by atoms with Crippen LogP contribution in [0.5, 0.6) is 11.5 Å². The number of carboxylic acids is 1. The SMILES string of the molecule is COc1cc(F)c(-n2c(=O)[nH]c3csc(C(=O)O)c3c2=O)cc1OCc1cc2ncsc2cc1F. The van der Waals surface area contributed by atoms with Crippen molar-refractivity contribution in [3.8, 4) is 17.2 Å². The Morgan fingerprint density at radius 1 is 1.14 bits per heavy atom. The van der Waals surface area contributed by atoms with Crippen LogP contribution in [0, 0.1) is 11.6 Å². The quantitative estimate of drug-likeness (QED) is 0.350. The number of thiophene rings is 1. The molecule has 0 amide bonds. The van der Waals surface area contributed by atoms with Gasteiger partial charge in [0, 0.05) is 23.1 Å². The van der Waals surface area contributed by atoms with Crippen molar-refractivity contribution < 1.29 is 28.2 Å². The second-order valence-electron chi connectivity index (χ2n) is 7.24. The Bertz CT molecular complexity index is 1750. The van der Waals surface area contributed by atoms with Crippen molar-refractivity contribution in [2.24, 2.45) is 0 Å². The summed E-state index contributed by atoms with van der Waals surface area (Å²) in [5.41, 5.74) is -0.122. The Morgan fingerprint density at radius 3 is 2.69 bits per heavy atom. The molecule has 35 heavy (non-hydrogen) atoms. The molecule has 0 aliphatic rings. The van der Waals surface area contributed by atoms with E-state index in [0.717, 1.165) is 23.5 Å². The Hall–Kier alpha value is -4.10. The second-order valence-corrected chi connectivity index (χ2v) is 9.00. The fourth-order valence-electron chi connectivity index (χ4n) is 3.57. The molecule has 0 unspecified atom stereocenters.